The highest BCUT2D eigenvalue weighted by Gasteiger charge is 2.11. The Balaban J connectivity index is 1.96. The van der Waals surface area contributed by atoms with Crippen molar-refractivity contribution in [2.24, 2.45) is 10.7 Å². The van der Waals surface area contributed by atoms with Crippen LogP contribution in [0.15, 0.2) is 45.8 Å². The number of rotatable bonds is 9. The summed E-state index contributed by atoms with van der Waals surface area (Å²) in [7, 11) is 0. The van der Waals surface area contributed by atoms with Crippen molar-refractivity contribution in [2.75, 3.05) is 13.1 Å². The molecule has 1 atom stereocenters. The van der Waals surface area contributed by atoms with Crippen molar-refractivity contribution >= 4 is 11.9 Å². The number of hydrogen-bond donors (Lipinski definition) is 4. The van der Waals surface area contributed by atoms with Crippen LogP contribution < -0.4 is 21.1 Å². The number of carbonyl (C=O) groups is 1. The van der Waals surface area contributed by atoms with Crippen LogP contribution >= 0.6 is 0 Å². The standard InChI is InChI=1S/C20H28N4O4/c1-4-22-20(23-11-16-8-9-18(28-16)19(21)26)24-12-17(25)14-6-5-7-15(10-14)27-13(2)3/h5-10,13,17,25H,4,11-12H2,1-3H3,(H2,21,26)(H2,22,23,24). The summed E-state index contributed by atoms with van der Waals surface area (Å²) in [4.78, 5) is 15.5. The number of furan rings is 1. The van der Waals surface area contributed by atoms with E-state index in [1.807, 2.05) is 45.0 Å². The molecule has 0 aliphatic heterocycles. The van der Waals surface area contributed by atoms with Crippen LogP contribution in [0.1, 0.15) is 48.8 Å². The Bertz CT molecular complexity index is 801. The smallest absolute Gasteiger partial charge is 0.284 e. The van der Waals surface area contributed by atoms with Crippen LogP contribution in [0.4, 0.5) is 0 Å². The van der Waals surface area contributed by atoms with E-state index >= 15 is 0 Å². The lowest BCUT2D eigenvalue weighted by atomic mass is 10.1. The molecule has 1 aromatic heterocycles. The summed E-state index contributed by atoms with van der Waals surface area (Å²) in [5.74, 6) is 1.24. The first-order chi connectivity index (χ1) is 13.4. The maximum absolute atomic E-state index is 11.1. The Labute approximate surface area is 164 Å². The van der Waals surface area contributed by atoms with E-state index in [4.69, 9.17) is 14.9 Å². The molecule has 0 aliphatic carbocycles. The monoisotopic (exact) mass is 388 g/mol. The fourth-order valence-corrected chi connectivity index (χ4v) is 2.47. The number of carbonyl (C=O) groups excluding carboxylic acids is 1. The molecular formula is C20H28N4O4. The maximum atomic E-state index is 11.1. The van der Waals surface area contributed by atoms with Gasteiger partial charge in [-0.05, 0) is 50.6 Å². The van der Waals surface area contributed by atoms with Gasteiger partial charge >= 0.3 is 0 Å². The second-order valence-corrected chi connectivity index (χ2v) is 6.46. The van der Waals surface area contributed by atoms with Crippen molar-refractivity contribution < 1.29 is 19.1 Å². The summed E-state index contributed by atoms with van der Waals surface area (Å²) in [6.07, 6.45) is -0.667. The summed E-state index contributed by atoms with van der Waals surface area (Å²) < 4.78 is 11.0. The third-order valence-electron chi connectivity index (χ3n) is 3.72. The summed E-state index contributed by atoms with van der Waals surface area (Å²) in [5, 5.41) is 16.7. The van der Waals surface area contributed by atoms with Gasteiger partial charge in [-0.15, -0.1) is 0 Å². The van der Waals surface area contributed by atoms with E-state index in [-0.39, 0.29) is 25.0 Å². The number of nitrogens with one attached hydrogen (secondary N) is 2. The third-order valence-corrected chi connectivity index (χ3v) is 3.72. The van der Waals surface area contributed by atoms with Crippen molar-refractivity contribution in [1.29, 1.82) is 0 Å². The lowest BCUT2D eigenvalue weighted by Crippen LogP contribution is -2.39. The zero-order valence-electron chi connectivity index (χ0n) is 16.4. The fraction of sp³-hybridized carbons (Fsp3) is 0.400. The van der Waals surface area contributed by atoms with Crippen molar-refractivity contribution in [3.63, 3.8) is 0 Å². The van der Waals surface area contributed by atoms with E-state index < -0.39 is 12.0 Å². The van der Waals surface area contributed by atoms with Gasteiger partial charge in [0.05, 0.1) is 12.2 Å². The number of ether oxygens (including phenoxy) is 1. The number of guanidine groups is 1. The molecule has 8 nitrogen and oxygen atoms in total. The molecule has 2 rings (SSSR count). The first kappa shape index (κ1) is 21.3. The Kier molecular flexibility index (Phi) is 7.88. The van der Waals surface area contributed by atoms with Gasteiger partial charge in [-0.25, -0.2) is 4.99 Å². The van der Waals surface area contributed by atoms with Gasteiger partial charge in [-0.3, -0.25) is 4.79 Å². The number of nitrogens with zero attached hydrogens (tertiary/aromatic N) is 1. The van der Waals surface area contributed by atoms with Crippen LogP contribution in [0.3, 0.4) is 0 Å². The number of aliphatic imine (C=N–C) groups is 1. The van der Waals surface area contributed by atoms with Crippen LogP contribution in [-0.2, 0) is 6.54 Å². The number of amides is 1. The number of aliphatic hydroxyl groups is 1. The molecule has 0 bridgehead atoms. The van der Waals surface area contributed by atoms with Crippen LogP contribution in [-0.4, -0.2) is 36.2 Å². The Morgan fingerprint density at radius 1 is 1.29 bits per heavy atom. The van der Waals surface area contributed by atoms with Gasteiger partial charge in [0.25, 0.3) is 5.91 Å². The molecule has 0 radical (unpaired) electrons. The van der Waals surface area contributed by atoms with Crippen molar-refractivity contribution in [1.82, 2.24) is 10.6 Å². The van der Waals surface area contributed by atoms with Gasteiger partial charge in [0.2, 0.25) is 0 Å². The first-order valence-electron chi connectivity index (χ1n) is 9.24. The lowest BCUT2D eigenvalue weighted by Gasteiger charge is -2.17. The van der Waals surface area contributed by atoms with Gasteiger partial charge in [0.1, 0.15) is 18.1 Å². The van der Waals surface area contributed by atoms with E-state index in [1.54, 1.807) is 6.07 Å². The lowest BCUT2D eigenvalue weighted by molar-refractivity contribution is 0.0972. The molecule has 152 valence electrons. The average molecular weight is 388 g/mol. The minimum Gasteiger partial charge on any atom is -0.491 e. The molecule has 1 heterocycles. The second kappa shape index (κ2) is 10.4. The molecule has 0 saturated carbocycles. The highest BCUT2D eigenvalue weighted by atomic mass is 16.5. The zero-order chi connectivity index (χ0) is 20.5. The maximum Gasteiger partial charge on any atom is 0.284 e. The highest BCUT2D eigenvalue weighted by Crippen LogP contribution is 2.20. The average Bonchev–Trinajstić information content (AvgIpc) is 3.13. The van der Waals surface area contributed by atoms with E-state index in [9.17, 15) is 9.90 Å². The Morgan fingerprint density at radius 2 is 2.07 bits per heavy atom. The Hall–Kier alpha value is -3.00. The van der Waals surface area contributed by atoms with Gasteiger partial charge in [-0.1, -0.05) is 12.1 Å². The van der Waals surface area contributed by atoms with Gasteiger partial charge in [-0.2, -0.15) is 0 Å². The summed E-state index contributed by atoms with van der Waals surface area (Å²) in [5.41, 5.74) is 5.92. The van der Waals surface area contributed by atoms with E-state index in [2.05, 4.69) is 15.6 Å². The molecule has 5 N–H and O–H groups in total. The van der Waals surface area contributed by atoms with E-state index in [1.165, 1.54) is 6.07 Å². The molecular weight excluding hydrogens is 360 g/mol. The van der Waals surface area contributed by atoms with Gasteiger partial charge < -0.3 is 30.6 Å². The largest absolute Gasteiger partial charge is 0.491 e. The topological polar surface area (TPSA) is 122 Å². The number of nitrogens with two attached hydrogens (primary N) is 1. The number of hydrogen-bond acceptors (Lipinski definition) is 5. The van der Waals surface area contributed by atoms with Gasteiger partial charge in [0, 0.05) is 13.1 Å². The molecule has 2 aromatic rings. The Morgan fingerprint density at radius 3 is 2.71 bits per heavy atom. The number of aliphatic hydroxyl groups excluding tert-OH is 1. The van der Waals surface area contributed by atoms with E-state index in [0.717, 1.165) is 11.3 Å². The first-order valence-corrected chi connectivity index (χ1v) is 9.24. The highest BCUT2D eigenvalue weighted by molar-refractivity contribution is 5.89. The zero-order valence-corrected chi connectivity index (χ0v) is 16.4. The van der Waals surface area contributed by atoms with E-state index in [0.29, 0.717) is 18.3 Å². The molecule has 0 saturated heterocycles. The number of primary amides is 1. The summed E-state index contributed by atoms with van der Waals surface area (Å²) >= 11 is 0. The molecule has 1 aromatic carbocycles. The molecule has 28 heavy (non-hydrogen) atoms. The number of benzene rings is 1. The van der Waals surface area contributed by atoms with Crippen LogP contribution in [0.25, 0.3) is 0 Å². The summed E-state index contributed by atoms with van der Waals surface area (Å²) in [6.45, 7) is 7.01. The third kappa shape index (κ3) is 6.62. The van der Waals surface area contributed by atoms with Gasteiger partial charge in [0.15, 0.2) is 11.7 Å². The van der Waals surface area contributed by atoms with Crippen LogP contribution in [0.2, 0.25) is 0 Å². The quantitative estimate of drug-likeness (QED) is 0.385. The predicted molar refractivity (Wildman–Crippen MR) is 107 cm³/mol. The minimum atomic E-state index is -0.732. The minimum absolute atomic E-state index is 0.0645. The normalized spacial score (nSPS) is 12.7. The van der Waals surface area contributed by atoms with Crippen LogP contribution in [0.5, 0.6) is 5.75 Å². The molecule has 0 spiro atoms. The van der Waals surface area contributed by atoms with Crippen molar-refractivity contribution in [3.8, 4) is 5.75 Å². The fourth-order valence-electron chi connectivity index (χ4n) is 2.47. The summed E-state index contributed by atoms with van der Waals surface area (Å²) in [6, 6.07) is 10.6. The molecule has 8 heteroatoms. The van der Waals surface area contributed by atoms with Crippen molar-refractivity contribution in [3.05, 3.63) is 53.5 Å². The SMILES string of the molecule is CCNC(=NCc1ccc(C(N)=O)o1)NCC(O)c1cccc(OC(C)C)c1. The van der Waals surface area contributed by atoms with Crippen LogP contribution in [0, 0.1) is 0 Å². The predicted octanol–water partition coefficient (Wildman–Crippen LogP) is 1.95. The molecule has 1 amide bonds. The molecule has 0 aliphatic rings. The second-order valence-electron chi connectivity index (χ2n) is 6.46. The molecule has 1 unspecified atom stereocenters. The van der Waals surface area contributed by atoms with Crippen molar-refractivity contribution in [2.45, 2.75) is 39.5 Å². The molecule has 0 fully saturated rings.